The number of guanidine groups is 1. The largest absolute Gasteiger partial charge is 0.497 e. The first-order valence-electron chi connectivity index (χ1n) is 11.1. The highest BCUT2D eigenvalue weighted by atomic mass is 127. The van der Waals surface area contributed by atoms with Gasteiger partial charge in [0, 0.05) is 52.1 Å². The summed E-state index contributed by atoms with van der Waals surface area (Å²) in [5, 5.41) is 3.51. The number of carbonyl (C=O) groups is 1. The number of methoxy groups -OCH3 is 1. The van der Waals surface area contributed by atoms with Crippen LogP contribution in [0.4, 0.5) is 0 Å². The van der Waals surface area contributed by atoms with Gasteiger partial charge in [0.05, 0.1) is 7.11 Å². The van der Waals surface area contributed by atoms with Crippen LogP contribution in [0.3, 0.4) is 0 Å². The summed E-state index contributed by atoms with van der Waals surface area (Å²) in [5.74, 6) is 2.63. The van der Waals surface area contributed by atoms with E-state index in [1.165, 1.54) is 16.7 Å². The van der Waals surface area contributed by atoms with Crippen LogP contribution in [-0.4, -0.2) is 55.5 Å². The molecule has 0 aliphatic carbocycles. The number of nitrogens with zero attached hydrogens (tertiary/aromatic N) is 3. The molecule has 2 heterocycles. The van der Waals surface area contributed by atoms with E-state index < -0.39 is 0 Å². The van der Waals surface area contributed by atoms with Crippen LogP contribution in [0.15, 0.2) is 53.5 Å². The molecule has 0 spiro atoms. The smallest absolute Gasteiger partial charge is 0.222 e. The highest BCUT2D eigenvalue weighted by Gasteiger charge is 2.26. The van der Waals surface area contributed by atoms with Crippen molar-refractivity contribution in [1.29, 1.82) is 0 Å². The first kappa shape index (κ1) is 24.4. The van der Waals surface area contributed by atoms with Crippen LogP contribution >= 0.6 is 24.0 Å². The molecule has 1 atom stereocenters. The van der Waals surface area contributed by atoms with Gasteiger partial charge in [-0.05, 0) is 41.7 Å². The number of hydrogen-bond donors (Lipinski definition) is 1. The van der Waals surface area contributed by atoms with Gasteiger partial charge in [-0.15, -0.1) is 24.0 Å². The van der Waals surface area contributed by atoms with Crippen LogP contribution in [0, 0.1) is 0 Å². The Morgan fingerprint density at radius 2 is 1.81 bits per heavy atom. The molecule has 2 saturated heterocycles. The summed E-state index contributed by atoms with van der Waals surface area (Å²) in [7, 11) is 3.54. The van der Waals surface area contributed by atoms with Gasteiger partial charge in [-0.2, -0.15) is 0 Å². The summed E-state index contributed by atoms with van der Waals surface area (Å²) in [6.07, 6.45) is 2.80. The molecule has 2 fully saturated rings. The lowest BCUT2D eigenvalue weighted by Gasteiger charge is -2.22. The fourth-order valence-corrected chi connectivity index (χ4v) is 4.47. The van der Waals surface area contributed by atoms with Crippen LogP contribution < -0.4 is 10.1 Å². The van der Waals surface area contributed by atoms with Gasteiger partial charge in [0.15, 0.2) is 5.96 Å². The summed E-state index contributed by atoms with van der Waals surface area (Å²) in [6, 6.07) is 16.9. The minimum absolute atomic E-state index is 0. The molecule has 172 valence electrons. The van der Waals surface area contributed by atoms with E-state index in [0.717, 1.165) is 57.3 Å². The van der Waals surface area contributed by atoms with Crippen molar-refractivity contribution in [1.82, 2.24) is 15.1 Å². The van der Waals surface area contributed by atoms with Gasteiger partial charge in [-0.1, -0.05) is 36.4 Å². The minimum Gasteiger partial charge on any atom is -0.497 e. The number of benzene rings is 2. The molecule has 0 bridgehead atoms. The maximum Gasteiger partial charge on any atom is 0.222 e. The van der Waals surface area contributed by atoms with Crippen molar-refractivity contribution in [3.8, 4) is 5.75 Å². The molecule has 1 unspecified atom stereocenters. The number of hydrogen-bond acceptors (Lipinski definition) is 3. The van der Waals surface area contributed by atoms with Crippen molar-refractivity contribution in [3.63, 3.8) is 0 Å². The third-order valence-corrected chi connectivity index (χ3v) is 6.31. The highest BCUT2D eigenvalue weighted by Crippen LogP contribution is 2.28. The maximum absolute atomic E-state index is 11.8. The molecule has 6 nitrogen and oxygen atoms in total. The molecular formula is C25H33IN4O2. The van der Waals surface area contributed by atoms with E-state index in [2.05, 4.69) is 51.6 Å². The average Bonchev–Trinajstić information content (AvgIpc) is 3.45. The van der Waals surface area contributed by atoms with Crippen molar-refractivity contribution < 1.29 is 9.53 Å². The minimum atomic E-state index is 0. The van der Waals surface area contributed by atoms with E-state index in [0.29, 0.717) is 12.3 Å². The number of nitrogens with one attached hydrogen (secondary N) is 1. The first-order valence-corrected chi connectivity index (χ1v) is 11.1. The third-order valence-electron chi connectivity index (χ3n) is 6.31. The van der Waals surface area contributed by atoms with E-state index in [9.17, 15) is 4.79 Å². The van der Waals surface area contributed by atoms with Gasteiger partial charge in [0.1, 0.15) is 5.75 Å². The molecule has 0 saturated carbocycles. The van der Waals surface area contributed by atoms with Crippen molar-refractivity contribution in [2.24, 2.45) is 4.99 Å². The molecule has 32 heavy (non-hydrogen) atoms. The molecule has 1 amide bonds. The van der Waals surface area contributed by atoms with Crippen LogP contribution in [-0.2, 0) is 17.9 Å². The van der Waals surface area contributed by atoms with E-state index >= 15 is 0 Å². The van der Waals surface area contributed by atoms with E-state index in [4.69, 9.17) is 4.74 Å². The van der Waals surface area contributed by atoms with Gasteiger partial charge in [0.25, 0.3) is 0 Å². The van der Waals surface area contributed by atoms with Crippen LogP contribution in [0.1, 0.15) is 41.9 Å². The molecule has 7 heteroatoms. The quantitative estimate of drug-likeness (QED) is 0.337. The number of aliphatic imine (C=N–C) groups is 1. The predicted octanol–water partition coefficient (Wildman–Crippen LogP) is 4.00. The summed E-state index contributed by atoms with van der Waals surface area (Å²) < 4.78 is 5.27. The number of amides is 1. The summed E-state index contributed by atoms with van der Waals surface area (Å²) in [4.78, 5) is 20.6. The molecule has 0 aromatic heterocycles. The lowest BCUT2D eigenvalue weighted by Crippen LogP contribution is -2.39. The van der Waals surface area contributed by atoms with Crippen LogP contribution in [0.2, 0.25) is 0 Å². The summed E-state index contributed by atoms with van der Waals surface area (Å²) in [5.41, 5.74) is 3.75. The van der Waals surface area contributed by atoms with Gasteiger partial charge in [-0.3, -0.25) is 9.79 Å². The number of rotatable bonds is 6. The normalized spacial score (nSPS) is 18.6. The Morgan fingerprint density at radius 3 is 2.44 bits per heavy atom. The van der Waals surface area contributed by atoms with Crippen molar-refractivity contribution >= 4 is 35.8 Å². The SMILES string of the molecule is CN=C(NCc1ccc(CN2CCCC2=O)cc1)N1CCC(c2ccc(OC)cc2)C1.I. The summed E-state index contributed by atoms with van der Waals surface area (Å²) in [6.45, 7) is 4.30. The number of likely N-dealkylation sites (tertiary alicyclic amines) is 2. The number of ether oxygens (including phenoxy) is 1. The van der Waals surface area contributed by atoms with Gasteiger partial charge < -0.3 is 19.9 Å². The van der Waals surface area contributed by atoms with E-state index in [1.54, 1.807) is 7.11 Å². The molecule has 2 aromatic carbocycles. The Labute approximate surface area is 208 Å². The fraction of sp³-hybridized carbons (Fsp3) is 0.440. The zero-order valence-corrected chi connectivity index (χ0v) is 21.2. The lowest BCUT2D eigenvalue weighted by atomic mass is 9.98. The Kier molecular flexibility index (Phi) is 8.78. The van der Waals surface area contributed by atoms with E-state index in [-0.39, 0.29) is 29.9 Å². The zero-order chi connectivity index (χ0) is 21.6. The molecule has 2 aromatic rings. The monoisotopic (exact) mass is 548 g/mol. The Hall–Kier alpha value is -2.29. The average molecular weight is 548 g/mol. The number of halogens is 1. The van der Waals surface area contributed by atoms with Crippen molar-refractivity contribution in [2.45, 2.75) is 38.3 Å². The Bertz CT molecular complexity index is 915. The Morgan fingerprint density at radius 1 is 1.09 bits per heavy atom. The maximum atomic E-state index is 11.8. The number of carbonyl (C=O) groups excluding carboxylic acids is 1. The van der Waals surface area contributed by atoms with Crippen LogP contribution in [0.25, 0.3) is 0 Å². The molecular weight excluding hydrogens is 515 g/mol. The van der Waals surface area contributed by atoms with Crippen molar-refractivity contribution in [2.75, 3.05) is 33.8 Å². The molecule has 4 rings (SSSR count). The molecule has 0 radical (unpaired) electrons. The van der Waals surface area contributed by atoms with E-state index in [1.807, 2.05) is 24.1 Å². The Balaban J connectivity index is 0.00000289. The topological polar surface area (TPSA) is 57.2 Å². The van der Waals surface area contributed by atoms with Gasteiger partial charge >= 0.3 is 0 Å². The molecule has 2 aliphatic heterocycles. The predicted molar refractivity (Wildman–Crippen MR) is 139 cm³/mol. The lowest BCUT2D eigenvalue weighted by molar-refractivity contribution is -0.128. The standard InChI is InChI=1S/C25H32N4O2.HI/c1-26-25(29-15-13-22(18-29)21-9-11-23(31-2)12-10-21)27-16-19-5-7-20(8-6-19)17-28-14-3-4-24(28)30;/h5-12,22H,3-4,13-18H2,1-2H3,(H,26,27);1H. The van der Waals surface area contributed by atoms with Gasteiger partial charge in [-0.25, -0.2) is 0 Å². The highest BCUT2D eigenvalue weighted by molar-refractivity contribution is 14.0. The molecule has 2 aliphatic rings. The van der Waals surface area contributed by atoms with Crippen molar-refractivity contribution in [3.05, 3.63) is 65.2 Å². The van der Waals surface area contributed by atoms with Gasteiger partial charge in [0.2, 0.25) is 5.91 Å². The second-order valence-corrected chi connectivity index (χ2v) is 8.34. The second kappa shape index (κ2) is 11.5. The second-order valence-electron chi connectivity index (χ2n) is 8.34. The summed E-state index contributed by atoms with van der Waals surface area (Å²) >= 11 is 0. The van der Waals surface area contributed by atoms with Crippen LogP contribution in [0.5, 0.6) is 5.75 Å². The molecule has 1 N–H and O–H groups in total. The third kappa shape index (κ3) is 5.94. The zero-order valence-electron chi connectivity index (χ0n) is 18.9. The fourth-order valence-electron chi connectivity index (χ4n) is 4.47. The first-order chi connectivity index (χ1) is 15.2.